The van der Waals surface area contributed by atoms with Crippen molar-refractivity contribution < 1.29 is 4.79 Å². The molecular formula is C14H17N5O. The minimum absolute atomic E-state index is 0.0204. The number of carbonyl (C=O) groups excluding carboxylic acids is 1. The molecule has 0 amide bonds. The van der Waals surface area contributed by atoms with Crippen molar-refractivity contribution in [2.24, 2.45) is 27.8 Å². The Kier molecular flexibility index (Phi) is 3.76. The summed E-state index contributed by atoms with van der Waals surface area (Å²) in [5.74, 6) is -0.700. The van der Waals surface area contributed by atoms with Gasteiger partial charge in [0.15, 0.2) is 5.41 Å². The zero-order valence-corrected chi connectivity index (χ0v) is 11.2. The van der Waals surface area contributed by atoms with Gasteiger partial charge in [-0.2, -0.15) is 10.5 Å². The van der Waals surface area contributed by atoms with Gasteiger partial charge in [0.05, 0.1) is 6.07 Å². The summed E-state index contributed by atoms with van der Waals surface area (Å²) in [6.45, 7) is 0. The summed E-state index contributed by atoms with van der Waals surface area (Å²) in [5.41, 5.74) is 10.1. The van der Waals surface area contributed by atoms with Gasteiger partial charge < -0.3 is 11.5 Å². The Morgan fingerprint density at radius 3 is 2.55 bits per heavy atom. The summed E-state index contributed by atoms with van der Waals surface area (Å²) in [4.78, 5) is 16.3. The van der Waals surface area contributed by atoms with E-state index in [0.717, 1.165) is 25.7 Å². The first kappa shape index (κ1) is 14.1. The fraction of sp³-hybridized carbons (Fsp3) is 0.571. The Labute approximate surface area is 117 Å². The van der Waals surface area contributed by atoms with Gasteiger partial charge in [0, 0.05) is 12.3 Å². The van der Waals surface area contributed by atoms with Crippen molar-refractivity contribution in [3.8, 4) is 12.1 Å². The highest BCUT2D eigenvalue weighted by Crippen LogP contribution is 2.44. The molecule has 20 heavy (non-hydrogen) atoms. The number of nitrogens with zero attached hydrogens (tertiary/aromatic N) is 3. The van der Waals surface area contributed by atoms with Crippen LogP contribution in [0, 0.1) is 34.0 Å². The fourth-order valence-electron chi connectivity index (χ4n) is 3.09. The zero-order chi connectivity index (χ0) is 14.8. The number of carbonyl (C=O) groups is 1. The summed E-state index contributed by atoms with van der Waals surface area (Å²) >= 11 is 0. The molecule has 0 aromatic rings. The van der Waals surface area contributed by atoms with E-state index in [1.165, 1.54) is 0 Å². The van der Waals surface area contributed by atoms with E-state index in [1.54, 1.807) is 0 Å². The van der Waals surface area contributed by atoms with Gasteiger partial charge in [-0.1, -0.05) is 19.3 Å². The third kappa shape index (κ3) is 1.94. The van der Waals surface area contributed by atoms with Crippen molar-refractivity contribution in [1.82, 2.24) is 0 Å². The molecule has 0 bridgehead atoms. The van der Waals surface area contributed by atoms with Crippen molar-refractivity contribution in [2.75, 3.05) is 0 Å². The number of rotatable bonds is 1. The minimum atomic E-state index is -1.47. The van der Waals surface area contributed by atoms with Crippen LogP contribution in [0.4, 0.5) is 0 Å². The Morgan fingerprint density at radius 2 is 1.90 bits per heavy atom. The fourth-order valence-corrected chi connectivity index (χ4v) is 3.09. The minimum Gasteiger partial charge on any atom is -0.385 e. The van der Waals surface area contributed by atoms with Crippen LogP contribution in [-0.4, -0.2) is 11.6 Å². The normalized spacial score (nSPS) is 31.0. The van der Waals surface area contributed by atoms with Crippen molar-refractivity contribution in [3.05, 3.63) is 11.4 Å². The van der Waals surface area contributed by atoms with Gasteiger partial charge in [-0.05, 0) is 12.8 Å². The number of nitriles is 2. The third-order valence-electron chi connectivity index (χ3n) is 4.16. The molecule has 0 aromatic carbocycles. The Hall–Kier alpha value is -2.34. The second kappa shape index (κ2) is 5.34. The molecule has 2 atom stereocenters. The zero-order valence-electron chi connectivity index (χ0n) is 11.2. The molecule has 0 aromatic heterocycles. The molecule has 0 saturated heterocycles. The van der Waals surface area contributed by atoms with Crippen LogP contribution in [0.15, 0.2) is 16.4 Å². The second-order valence-corrected chi connectivity index (χ2v) is 5.26. The topological polar surface area (TPSA) is 129 Å². The molecule has 2 rings (SSSR count). The molecule has 4 N–H and O–H groups in total. The van der Waals surface area contributed by atoms with E-state index in [-0.39, 0.29) is 23.0 Å². The summed E-state index contributed by atoms with van der Waals surface area (Å²) < 4.78 is 0. The maximum absolute atomic E-state index is 12.4. The van der Waals surface area contributed by atoms with Crippen molar-refractivity contribution in [3.63, 3.8) is 0 Å². The molecule has 1 aliphatic carbocycles. The number of aliphatic imine (C=N–C) groups is 1. The monoisotopic (exact) mass is 271 g/mol. The molecule has 1 heterocycles. The first-order valence-corrected chi connectivity index (χ1v) is 6.77. The smallest absolute Gasteiger partial charge is 0.162 e. The number of nitrogens with two attached hydrogens (primary N) is 2. The molecule has 6 nitrogen and oxygen atoms in total. The maximum atomic E-state index is 12.4. The predicted molar refractivity (Wildman–Crippen MR) is 72.7 cm³/mol. The first-order chi connectivity index (χ1) is 9.57. The molecular weight excluding hydrogens is 254 g/mol. The van der Waals surface area contributed by atoms with Crippen LogP contribution in [-0.2, 0) is 4.79 Å². The van der Waals surface area contributed by atoms with E-state index in [2.05, 4.69) is 11.1 Å². The average Bonchev–Trinajstić information content (AvgIpc) is 2.65. The lowest BCUT2D eigenvalue weighted by molar-refractivity contribution is -0.125. The van der Waals surface area contributed by atoms with Gasteiger partial charge in [-0.25, -0.2) is 4.99 Å². The number of hydrogen-bond acceptors (Lipinski definition) is 6. The van der Waals surface area contributed by atoms with E-state index in [1.807, 2.05) is 6.07 Å². The molecule has 6 heteroatoms. The van der Waals surface area contributed by atoms with Crippen LogP contribution in [0.2, 0.25) is 0 Å². The van der Waals surface area contributed by atoms with E-state index < -0.39 is 11.3 Å². The summed E-state index contributed by atoms with van der Waals surface area (Å²) in [6.07, 6.45) is 4.65. The number of amidine groups is 1. The average molecular weight is 271 g/mol. The third-order valence-corrected chi connectivity index (χ3v) is 4.16. The first-order valence-electron chi connectivity index (χ1n) is 6.77. The quantitative estimate of drug-likeness (QED) is 0.737. The molecule has 0 spiro atoms. The summed E-state index contributed by atoms with van der Waals surface area (Å²) in [5, 5.41) is 18.9. The molecule has 0 radical (unpaired) electrons. The highest BCUT2D eigenvalue weighted by Gasteiger charge is 2.53. The molecule has 104 valence electrons. The Balaban J connectivity index is 2.50. The molecule has 1 fully saturated rings. The lowest BCUT2D eigenvalue weighted by Crippen LogP contribution is -2.45. The van der Waals surface area contributed by atoms with E-state index >= 15 is 0 Å². The number of hydrogen-bond donors (Lipinski definition) is 2. The number of Topliss-reactive ketones (excluding diaryl/α,β-unsaturated/α-hetero) is 1. The molecule has 2 unspecified atom stereocenters. The SMILES string of the molecule is N#CC1=C(N)N=C(N)C1(C#N)C1CCCCCCC1=O. The molecule has 2 aliphatic rings. The van der Waals surface area contributed by atoms with Gasteiger partial charge >= 0.3 is 0 Å². The van der Waals surface area contributed by atoms with Crippen LogP contribution in [0.3, 0.4) is 0 Å². The van der Waals surface area contributed by atoms with Crippen LogP contribution in [0.25, 0.3) is 0 Å². The summed E-state index contributed by atoms with van der Waals surface area (Å²) in [6, 6.07) is 4.00. The Morgan fingerprint density at radius 1 is 1.20 bits per heavy atom. The van der Waals surface area contributed by atoms with E-state index in [9.17, 15) is 15.3 Å². The van der Waals surface area contributed by atoms with Gasteiger partial charge in [0.1, 0.15) is 29.1 Å². The number of ketones is 1. The lowest BCUT2D eigenvalue weighted by Gasteiger charge is -2.31. The van der Waals surface area contributed by atoms with Crippen molar-refractivity contribution in [2.45, 2.75) is 38.5 Å². The molecule has 1 aliphatic heterocycles. The standard InChI is InChI=1S/C14H17N5O/c15-7-10-12(17)19-13(18)14(10,8-16)9-5-3-1-2-4-6-11(9)20/h9H,1-6,17H2,(H2,18,19). The highest BCUT2D eigenvalue weighted by molar-refractivity contribution is 6.02. The van der Waals surface area contributed by atoms with Gasteiger partial charge in [-0.3, -0.25) is 4.79 Å². The highest BCUT2D eigenvalue weighted by atomic mass is 16.1. The van der Waals surface area contributed by atoms with Gasteiger partial charge in [0.25, 0.3) is 0 Å². The van der Waals surface area contributed by atoms with Gasteiger partial charge in [-0.15, -0.1) is 0 Å². The van der Waals surface area contributed by atoms with E-state index in [0.29, 0.717) is 12.8 Å². The lowest BCUT2D eigenvalue weighted by atomic mass is 9.66. The van der Waals surface area contributed by atoms with Crippen LogP contribution < -0.4 is 11.5 Å². The van der Waals surface area contributed by atoms with Crippen LogP contribution in [0.5, 0.6) is 0 Å². The van der Waals surface area contributed by atoms with Gasteiger partial charge in [0.2, 0.25) is 0 Å². The second-order valence-electron chi connectivity index (χ2n) is 5.26. The van der Waals surface area contributed by atoms with Crippen molar-refractivity contribution >= 4 is 11.6 Å². The Bertz CT molecular complexity index is 577. The molecule has 1 saturated carbocycles. The summed E-state index contributed by atoms with van der Waals surface area (Å²) in [7, 11) is 0. The predicted octanol–water partition coefficient (Wildman–Crippen LogP) is 1.10. The maximum Gasteiger partial charge on any atom is 0.162 e. The van der Waals surface area contributed by atoms with Crippen LogP contribution >= 0.6 is 0 Å². The van der Waals surface area contributed by atoms with Crippen molar-refractivity contribution in [1.29, 1.82) is 10.5 Å². The van der Waals surface area contributed by atoms with E-state index in [4.69, 9.17) is 11.5 Å². The van der Waals surface area contributed by atoms with Crippen LogP contribution in [0.1, 0.15) is 38.5 Å². The largest absolute Gasteiger partial charge is 0.385 e.